The summed E-state index contributed by atoms with van der Waals surface area (Å²) in [5.74, 6) is 0.195. The third-order valence-corrected chi connectivity index (χ3v) is 5.22. The minimum atomic E-state index is -0.616. The lowest BCUT2D eigenvalue weighted by Gasteiger charge is -2.10. The van der Waals surface area contributed by atoms with Gasteiger partial charge in [-0.2, -0.15) is 5.10 Å². The number of hydrogen-bond donors (Lipinski definition) is 0. The average molecular weight is 387 g/mol. The van der Waals surface area contributed by atoms with Gasteiger partial charge in [-0.15, -0.1) is 23.2 Å². The Hall–Kier alpha value is -0.510. The van der Waals surface area contributed by atoms with E-state index < -0.39 is 4.33 Å². The summed E-state index contributed by atoms with van der Waals surface area (Å²) in [6, 6.07) is 9.47. The lowest BCUT2D eigenvalue weighted by Crippen LogP contribution is -2.02. The van der Waals surface area contributed by atoms with Gasteiger partial charge >= 0.3 is 0 Å². The van der Waals surface area contributed by atoms with Crippen LogP contribution in [0.5, 0.6) is 0 Å². The van der Waals surface area contributed by atoms with Crippen LogP contribution in [0.4, 0.5) is 0 Å². The Labute approximate surface area is 143 Å². The topological polar surface area (TPSA) is 17.8 Å². The zero-order valence-electron chi connectivity index (χ0n) is 12.0. The van der Waals surface area contributed by atoms with Crippen molar-refractivity contribution in [1.82, 2.24) is 9.78 Å². The second kappa shape index (κ2) is 5.60. The van der Waals surface area contributed by atoms with Gasteiger partial charge in [0.05, 0.1) is 11.4 Å². The number of nitrogens with zero attached hydrogens (tertiary/aromatic N) is 2. The normalized spacial score (nSPS) is 19.8. The van der Waals surface area contributed by atoms with Gasteiger partial charge in [0.1, 0.15) is 8.94 Å². The summed E-state index contributed by atoms with van der Waals surface area (Å²) in [7, 11) is 0. The first-order valence-corrected chi connectivity index (χ1v) is 8.62. The van der Waals surface area contributed by atoms with Crippen molar-refractivity contribution >= 4 is 39.1 Å². The SMILES string of the molecule is CCCc1cc(Br)n(-c2cc(C3CC3(Cl)Cl)c[c]c2C)n1. The van der Waals surface area contributed by atoms with Crippen molar-refractivity contribution < 1.29 is 0 Å². The fourth-order valence-corrected chi connectivity index (χ4v) is 3.62. The van der Waals surface area contributed by atoms with E-state index in [1.165, 1.54) is 0 Å². The number of alkyl halides is 2. The second-order valence-corrected chi connectivity index (χ2v) is 7.94. The quantitative estimate of drug-likeness (QED) is 0.647. The molecule has 1 saturated carbocycles. The van der Waals surface area contributed by atoms with Gasteiger partial charge in [-0.05, 0) is 65.0 Å². The molecule has 1 aliphatic rings. The van der Waals surface area contributed by atoms with E-state index in [1.54, 1.807) is 0 Å². The molecule has 1 heterocycles. The van der Waals surface area contributed by atoms with Crippen molar-refractivity contribution in [3.63, 3.8) is 0 Å². The van der Waals surface area contributed by atoms with E-state index in [0.717, 1.165) is 46.4 Å². The highest BCUT2D eigenvalue weighted by molar-refractivity contribution is 9.10. The lowest BCUT2D eigenvalue weighted by atomic mass is 10.1. The van der Waals surface area contributed by atoms with Gasteiger partial charge in [0.2, 0.25) is 0 Å². The molecular weight excluding hydrogens is 371 g/mol. The summed E-state index contributed by atoms with van der Waals surface area (Å²) in [6.07, 6.45) is 2.86. The third-order valence-electron chi connectivity index (χ3n) is 3.82. The van der Waals surface area contributed by atoms with Crippen LogP contribution >= 0.6 is 39.1 Å². The molecule has 1 aromatic heterocycles. The zero-order chi connectivity index (χ0) is 15.2. The lowest BCUT2D eigenvalue weighted by molar-refractivity contribution is 0.793. The van der Waals surface area contributed by atoms with Crippen LogP contribution < -0.4 is 0 Å². The summed E-state index contributed by atoms with van der Waals surface area (Å²) in [4.78, 5) is 0. The van der Waals surface area contributed by atoms with Crippen molar-refractivity contribution in [2.75, 3.05) is 0 Å². The molecule has 2 aromatic rings. The Bertz CT molecular complexity index is 679. The molecule has 0 N–H and O–H groups in total. The van der Waals surface area contributed by atoms with Crippen molar-refractivity contribution in [3.8, 4) is 5.69 Å². The standard InChI is InChI=1S/C16H16BrCl2N2/c1-3-4-12-8-15(17)21(20-12)14-7-11(6-5-10(14)2)13-9-16(13,18)19/h6-8,13H,3-4,9H2,1-2H3. The van der Waals surface area contributed by atoms with Gasteiger partial charge in [0, 0.05) is 5.92 Å². The first kappa shape index (κ1) is 15.4. The molecule has 0 amide bonds. The first-order valence-electron chi connectivity index (χ1n) is 7.07. The number of aryl methyl sites for hydroxylation is 2. The van der Waals surface area contributed by atoms with Crippen LogP contribution in [-0.2, 0) is 6.42 Å². The van der Waals surface area contributed by atoms with E-state index in [2.05, 4.69) is 46.2 Å². The van der Waals surface area contributed by atoms with Gasteiger partial charge < -0.3 is 0 Å². The van der Waals surface area contributed by atoms with Gasteiger partial charge in [-0.25, -0.2) is 4.68 Å². The second-order valence-electron chi connectivity index (χ2n) is 5.58. The maximum atomic E-state index is 6.18. The van der Waals surface area contributed by atoms with Crippen molar-refractivity contribution in [2.24, 2.45) is 0 Å². The Morgan fingerprint density at radius 1 is 1.48 bits per heavy atom. The molecule has 3 rings (SSSR count). The molecule has 1 aliphatic carbocycles. The maximum Gasteiger partial charge on any atom is 0.125 e. The van der Waals surface area contributed by atoms with E-state index in [-0.39, 0.29) is 5.92 Å². The van der Waals surface area contributed by atoms with Crippen LogP contribution in [0, 0.1) is 13.0 Å². The molecule has 0 bridgehead atoms. The molecule has 1 unspecified atom stereocenters. The van der Waals surface area contributed by atoms with E-state index in [1.807, 2.05) is 17.7 Å². The average Bonchev–Trinajstić information content (AvgIpc) is 2.89. The number of hydrogen-bond acceptors (Lipinski definition) is 1. The van der Waals surface area contributed by atoms with Crippen LogP contribution in [0.15, 0.2) is 22.8 Å². The fraction of sp³-hybridized carbons (Fsp3) is 0.438. The molecule has 5 heteroatoms. The van der Waals surface area contributed by atoms with Crippen molar-refractivity contribution in [3.05, 3.63) is 45.7 Å². The number of benzene rings is 1. The highest BCUT2D eigenvalue weighted by Crippen LogP contribution is 2.59. The van der Waals surface area contributed by atoms with Gasteiger partial charge in [0.15, 0.2) is 0 Å². The van der Waals surface area contributed by atoms with Crippen molar-refractivity contribution in [2.45, 2.75) is 43.4 Å². The first-order chi connectivity index (χ1) is 9.92. The van der Waals surface area contributed by atoms with Gasteiger partial charge in [0.25, 0.3) is 0 Å². The predicted octanol–water partition coefficient (Wildman–Crippen LogP) is 5.36. The van der Waals surface area contributed by atoms with Crippen LogP contribution in [0.3, 0.4) is 0 Å². The van der Waals surface area contributed by atoms with Crippen LogP contribution in [0.2, 0.25) is 0 Å². The molecule has 2 nitrogen and oxygen atoms in total. The molecule has 1 aromatic carbocycles. The Kier molecular flexibility index (Phi) is 4.10. The van der Waals surface area contributed by atoms with E-state index in [0.29, 0.717) is 0 Å². The third kappa shape index (κ3) is 3.01. The molecule has 0 saturated heterocycles. The Morgan fingerprint density at radius 2 is 2.19 bits per heavy atom. The Balaban J connectivity index is 2.00. The summed E-state index contributed by atoms with van der Waals surface area (Å²) in [5, 5.41) is 4.67. The summed E-state index contributed by atoms with van der Waals surface area (Å²) in [6.45, 7) is 4.19. The molecule has 1 fully saturated rings. The minimum Gasteiger partial charge on any atom is -0.226 e. The maximum absolute atomic E-state index is 6.18. The van der Waals surface area contributed by atoms with E-state index in [9.17, 15) is 0 Å². The van der Waals surface area contributed by atoms with Crippen LogP contribution in [0.25, 0.3) is 5.69 Å². The minimum absolute atomic E-state index is 0.195. The molecule has 111 valence electrons. The molecule has 1 atom stereocenters. The molecular formula is C16H16BrCl2N2. The van der Waals surface area contributed by atoms with Crippen molar-refractivity contribution in [1.29, 1.82) is 0 Å². The van der Waals surface area contributed by atoms with E-state index in [4.69, 9.17) is 23.2 Å². The summed E-state index contributed by atoms with van der Waals surface area (Å²) >= 11 is 15.9. The van der Waals surface area contributed by atoms with Crippen LogP contribution in [0.1, 0.15) is 42.5 Å². The highest BCUT2D eigenvalue weighted by atomic mass is 79.9. The Morgan fingerprint density at radius 3 is 2.81 bits per heavy atom. The fourth-order valence-electron chi connectivity index (χ4n) is 2.52. The number of aromatic nitrogens is 2. The highest BCUT2D eigenvalue weighted by Gasteiger charge is 2.52. The predicted molar refractivity (Wildman–Crippen MR) is 90.6 cm³/mol. The molecule has 21 heavy (non-hydrogen) atoms. The summed E-state index contributed by atoms with van der Waals surface area (Å²) in [5.41, 5.74) is 4.29. The monoisotopic (exact) mass is 385 g/mol. The molecule has 1 radical (unpaired) electrons. The van der Waals surface area contributed by atoms with E-state index >= 15 is 0 Å². The summed E-state index contributed by atoms with van der Waals surface area (Å²) < 4.78 is 2.26. The molecule has 0 aliphatic heterocycles. The molecule has 0 spiro atoms. The van der Waals surface area contributed by atoms with Gasteiger partial charge in [-0.3, -0.25) is 0 Å². The van der Waals surface area contributed by atoms with Gasteiger partial charge in [-0.1, -0.05) is 19.4 Å². The van der Waals surface area contributed by atoms with Crippen LogP contribution in [-0.4, -0.2) is 14.1 Å². The number of halogens is 3. The zero-order valence-corrected chi connectivity index (χ0v) is 15.1. The smallest absolute Gasteiger partial charge is 0.125 e. The number of rotatable bonds is 4. The largest absolute Gasteiger partial charge is 0.226 e.